The zero-order valence-corrected chi connectivity index (χ0v) is 7.48. The quantitative estimate of drug-likeness (QED) is 0.447. The molecule has 2 aliphatic heterocycles. The van der Waals surface area contributed by atoms with Gasteiger partial charge in [0.1, 0.15) is 0 Å². The Labute approximate surface area is 68.8 Å². The molecule has 10 heavy (non-hydrogen) atoms. The number of hydrogen-bond acceptors (Lipinski definition) is 4. The van der Waals surface area contributed by atoms with Crippen LogP contribution < -0.4 is 11.5 Å². The van der Waals surface area contributed by atoms with E-state index in [0.29, 0.717) is 0 Å². The zero-order valence-electron chi connectivity index (χ0n) is 5.03. The highest BCUT2D eigenvalue weighted by Crippen LogP contribution is 2.56. The Balaban J connectivity index is 2.33. The van der Waals surface area contributed by atoms with E-state index in [1.165, 1.54) is 4.86 Å². The summed E-state index contributed by atoms with van der Waals surface area (Å²) in [5.41, 5.74) is 11.2. The molecule has 4 N–H and O–H groups in total. The van der Waals surface area contributed by atoms with Gasteiger partial charge in [-0.1, -0.05) is 0 Å². The molecule has 0 aliphatic carbocycles. The van der Waals surface area contributed by atoms with E-state index < -0.39 is 0 Å². The van der Waals surface area contributed by atoms with Gasteiger partial charge in [0.2, 0.25) is 0 Å². The van der Waals surface area contributed by atoms with Crippen LogP contribution in [0.4, 0.5) is 0 Å². The highest BCUT2D eigenvalue weighted by Gasteiger charge is 2.19. The van der Waals surface area contributed by atoms with Crippen LogP contribution in [0.5, 0.6) is 0 Å². The third-order valence-corrected chi connectivity index (χ3v) is 7.09. The monoisotopic (exact) mass is 190 g/mol. The zero-order chi connectivity index (χ0) is 7.14. The van der Waals surface area contributed by atoms with Gasteiger partial charge in [0.15, 0.2) is 0 Å². The van der Waals surface area contributed by atoms with E-state index in [4.69, 9.17) is 11.5 Å². The Hall–Kier alpha value is -0.000000000000000167. The van der Waals surface area contributed by atoms with Gasteiger partial charge in [-0.15, -0.1) is 0 Å². The van der Waals surface area contributed by atoms with Gasteiger partial charge in [-0.3, -0.25) is 0 Å². The summed E-state index contributed by atoms with van der Waals surface area (Å²) < 4.78 is 0. The first kappa shape index (κ1) is 6.69. The number of nitrogens with two attached hydrogens (primary N) is 2. The van der Waals surface area contributed by atoms with E-state index in [1.807, 2.05) is 12.2 Å². The Morgan fingerprint density at radius 2 is 1.60 bits per heavy atom. The van der Waals surface area contributed by atoms with Gasteiger partial charge in [-0.25, -0.2) is 0 Å². The summed E-state index contributed by atoms with van der Waals surface area (Å²) in [6.07, 6.45) is 4.00. The van der Waals surface area contributed by atoms with E-state index in [9.17, 15) is 0 Å². The molecular weight excluding hydrogens is 184 g/mol. The molecule has 5 heteroatoms. The third-order valence-electron chi connectivity index (χ3n) is 1.11. The molecule has 0 radical (unpaired) electrons. The van der Waals surface area contributed by atoms with E-state index in [0.717, 1.165) is 10.1 Å². The summed E-state index contributed by atoms with van der Waals surface area (Å²) in [6.45, 7) is 0. The van der Waals surface area contributed by atoms with Crippen LogP contribution >= 0.6 is 30.1 Å². The second-order valence-electron chi connectivity index (χ2n) is 1.90. The average molecular weight is 190 g/mol. The van der Waals surface area contributed by atoms with Crippen molar-refractivity contribution in [2.24, 2.45) is 11.5 Å². The molecule has 2 nitrogen and oxygen atoms in total. The Morgan fingerprint density at radius 3 is 2.00 bits per heavy atom. The molecule has 2 aliphatic rings. The molecule has 0 fully saturated rings. The second kappa shape index (κ2) is 2.25. The maximum atomic E-state index is 5.60. The van der Waals surface area contributed by atoms with Gasteiger partial charge >= 0.3 is 0 Å². The molecule has 0 amide bonds. The third kappa shape index (κ3) is 0.980. The highest BCUT2D eigenvalue weighted by atomic mass is 33.5. The van der Waals surface area contributed by atoms with Gasteiger partial charge in [0.05, 0.1) is 10.1 Å². The molecule has 0 spiro atoms. The summed E-state index contributed by atoms with van der Waals surface area (Å²) in [6, 6.07) is 0. The molecule has 54 valence electrons. The van der Waals surface area contributed by atoms with Gasteiger partial charge in [0, 0.05) is 4.86 Å². The first-order valence-electron chi connectivity index (χ1n) is 2.68. The second-order valence-corrected chi connectivity index (χ2v) is 7.75. The number of hydrogen-bond donors (Lipinski definition) is 2. The maximum absolute atomic E-state index is 5.60. The lowest BCUT2D eigenvalue weighted by Crippen LogP contribution is -1.92. The minimum Gasteiger partial charge on any atom is -0.393 e. The Bertz CT molecular complexity index is 251. The van der Waals surface area contributed by atoms with Crippen molar-refractivity contribution in [2.75, 3.05) is 0 Å². The maximum Gasteiger partial charge on any atom is 0.0778 e. The van der Waals surface area contributed by atoms with Crippen LogP contribution in [-0.4, -0.2) is 4.86 Å². The summed E-state index contributed by atoms with van der Waals surface area (Å²) in [4.78, 5) is 1.28. The lowest BCUT2D eigenvalue weighted by molar-refractivity contribution is 1.56. The van der Waals surface area contributed by atoms with Gasteiger partial charge in [-0.05, 0) is 42.3 Å². The summed E-state index contributed by atoms with van der Waals surface area (Å²) in [5, 5.41) is 1.82. The van der Waals surface area contributed by atoms with Crippen molar-refractivity contribution in [3.05, 3.63) is 22.2 Å². The summed E-state index contributed by atoms with van der Waals surface area (Å²) >= 11 is 0. The summed E-state index contributed by atoms with van der Waals surface area (Å²) in [7, 11) is 3.59. The van der Waals surface area contributed by atoms with Crippen LogP contribution in [0.15, 0.2) is 22.2 Å². The predicted octanol–water partition coefficient (Wildman–Crippen LogP) is 1.35. The standard InChI is InChI=1S/C5H6N2S3/c6-4-1-3-2-5(7)9-10(3)8-4/h1-2H,6-7H2. The smallest absolute Gasteiger partial charge is 0.0778 e. The van der Waals surface area contributed by atoms with Gasteiger partial charge in [-0.2, -0.15) is 0 Å². The van der Waals surface area contributed by atoms with E-state index in [-0.39, 0.29) is 8.55 Å². The van der Waals surface area contributed by atoms with Crippen LogP contribution in [0.1, 0.15) is 0 Å². The van der Waals surface area contributed by atoms with E-state index in [2.05, 4.69) is 0 Å². The largest absolute Gasteiger partial charge is 0.393 e. The lowest BCUT2D eigenvalue weighted by Gasteiger charge is -1.96. The minimum atomic E-state index is 0.187. The SMILES string of the molecule is NC1=CC2=S(S1)SC(N)=C2. The predicted molar refractivity (Wildman–Crippen MR) is 52.3 cm³/mol. The van der Waals surface area contributed by atoms with Crippen LogP contribution in [0.2, 0.25) is 0 Å². The first-order valence-corrected chi connectivity index (χ1v) is 6.57. The highest BCUT2D eigenvalue weighted by molar-refractivity contribution is 9.17. The average Bonchev–Trinajstić information content (AvgIpc) is 2.21. The van der Waals surface area contributed by atoms with Crippen molar-refractivity contribution in [1.29, 1.82) is 0 Å². The minimum absolute atomic E-state index is 0.187. The fourth-order valence-electron chi connectivity index (χ4n) is 0.754. The Morgan fingerprint density at radius 1 is 1.10 bits per heavy atom. The van der Waals surface area contributed by atoms with Crippen molar-refractivity contribution in [2.45, 2.75) is 0 Å². The molecule has 0 bridgehead atoms. The molecule has 0 aromatic carbocycles. The molecule has 0 unspecified atom stereocenters. The van der Waals surface area contributed by atoms with E-state index >= 15 is 0 Å². The number of rotatable bonds is 0. The van der Waals surface area contributed by atoms with E-state index in [1.54, 1.807) is 21.6 Å². The fraction of sp³-hybridized carbons (Fsp3) is 0. The Kier molecular flexibility index (Phi) is 1.51. The molecule has 2 heterocycles. The molecular formula is C5H6N2S3. The fourth-order valence-corrected chi connectivity index (χ4v) is 6.59. The van der Waals surface area contributed by atoms with Gasteiger partial charge < -0.3 is 11.5 Å². The van der Waals surface area contributed by atoms with Crippen LogP contribution in [0.25, 0.3) is 0 Å². The van der Waals surface area contributed by atoms with Crippen molar-refractivity contribution >= 4 is 35.0 Å². The topological polar surface area (TPSA) is 52.0 Å². The van der Waals surface area contributed by atoms with Crippen molar-refractivity contribution in [1.82, 2.24) is 0 Å². The molecule has 0 saturated heterocycles. The molecule has 0 atom stereocenters. The lowest BCUT2D eigenvalue weighted by atomic mass is 10.4. The van der Waals surface area contributed by atoms with Crippen molar-refractivity contribution in [3.63, 3.8) is 0 Å². The first-order chi connectivity index (χ1) is 4.75. The molecule has 0 aromatic rings. The van der Waals surface area contributed by atoms with Crippen molar-refractivity contribution < 1.29 is 0 Å². The van der Waals surface area contributed by atoms with Crippen LogP contribution in [0.3, 0.4) is 0 Å². The van der Waals surface area contributed by atoms with Crippen molar-refractivity contribution in [3.8, 4) is 0 Å². The molecule has 2 rings (SSSR count). The summed E-state index contributed by atoms with van der Waals surface area (Å²) in [5.74, 6) is 0. The normalized spacial score (nSPS) is 24.6. The number of allylic oxidation sites excluding steroid dienone is 2. The van der Waals surface area contributed by atoms with Crippen LogP contribution in [-0.2, 0) is 0 Å². The van der Waals surface area contributed by atoms with Gasteiger partial charge in [0.25, 0.3) is 0 Å². The van der Waals surface area contributed by atoms with Crippen LogP contribution in [0, 0.1) is 0 Å². The molecule has 0 saturated carbocycles. The molecule has 0 aromatic heterocycles.